The van der Waals surface area contributed by atoms with Crippen molar-refractivity contribution in [2.24, 2.45) is 5.92 Å². The van der Waals surface area contributed by atoms with E-state index in [1.54, 1.807) is 0 Å². The molecule has 1 aromatic carbocycles. The minimum Gasteiger partial charge on any atom is -0.307 e. The zero-order chi connectivity index (χ0) is 14.5. The largest absolute Gasteiger partial charge is 0.307 e. The monoisotopic (exact) mass is 315 g/mol. The van der Waals surface area contributed by atoms with Crippen LogP contribution in [0.2, 0.25) is 0 Å². The highest BCUT2D eigenvalue weighted by Crippen LogP contribution is 2.09. The standard InChI is InChI=1S/C15H19F2N3.ClH/c1-11(2)10-20-6-5-14(19-20)9-18-8-12-7-13(16)3-4-15(12)17;/h3-7,11,18H,8-10H2,1-2H3;1H. The van der Waals surface area contributed by atoms with Gasteiger partial charge in [0.1, 0.15) is 11.6 Å². The molecule has 2 rings (SSSR count). The highest BCUT2D eigenvalue weighted by Gasteiger charge is 2.05. The van der Waals surface area contributed by atoms with Gasteiger partial charge in [0.2, 0.25) is 0 Å². The maximum absolute atomic E-state index is 13.4. The fraction of sp³-hybridized carbons (Fsp3) is 0.400. The van der Waals surface area contributed by atoms with Gasteiger partial charge in [-0.2, -0.15) is 5.10 Å². The van der Waals surface area contributed by atoms with E-state index in [1.165, 1.54) is 6.07 Å². The van der Waals surface area contributed by atoms with E-state index in [-0.39, 0.29) is 19.0 Å². The number of nitrogens with one attached hydrogen (secondary N) is 1. The average molecular weight is 316 g/mol. The van der Waals surface area contributed by atoms with Crippen LogP contribution in [0.3, 0.4) is 0 Å². The van der Waals surface area contributed by atoms with Crippen LogP contribution in [0.15, 0.2) is 30.5 Å². The van der Waals surface area contributed by atoms with Gasteiger partial charge in [-0.3, -0.25) is 4.68 Å². The Kier molecular flexibility index (Phi) is 6.78. The van der Waals surface area contributed by atoms with Crippen molar-refractivity contribution in [1.82, 2.24) is 15.1 Å². The van der Waals surface area contributed by atoms with Crippen LogP contribution in [0.25, 0.3) is 0 Å². The molecule has 1 N–H and O–H groups in total. The van der Waals surface area contributed by atoms with Crippen LogP contribution < -0.4 is 5.32 Å². The molecule has 0 aliphatic rings. The van der Waals surface area contributed by atoms with Gasteiger partial charge in [0.15, 0.2) is 0 Å². The summed E-state index contributed by atoms with van der Waals surface area (Å²) in [4.78, 5) is 0. The highest BCUT2D eigenvalue weighted by atomic mass is 35.5. The summed E-state index contributed by atoms with van der Waals surface area (Å²) in [6.07, 6.45) is 1.93. The first-order chi connectivity index (χ1) is 9.54. The summed E-state index contributed by atoms with van der Waals surface area (Å²) in [6.45, 7) is 5.94. The summed E-state index contributed by atoms with van der Waals surface area (Å²) < 4.78 is 28.3. The smallest absolute Gasteiger partial charge is 0.127 e. The lowest BCUT2D eigenvalue weighted by atomic mass is 10.2. The fourth-order valence-corrected chi connectivity index (χ4v) is 1.98. The van der Waals surface area contributed by atoms with E-state index in [0.717, 1.165) is 24.4 Å². The van der Waals surface area contributed by atoms with Gasteiger partial charge in [0, 0.05) is 31.4 Å². The van der Waals surface area contributed by atoms with Gasteiger partial charge in [-0.15, -0.1) is 12.4 Å². The van der Waals surface area contributed by atoms with Crippen molar-refractivity contribution in [3.63, 3.8) is 0 Å². The molecule has 21 heavy (non-hydrogen) atoms. The molecular formula is C15H20ClF2N3. The fourth-order valence-electron chi connectivity index (χ4n) is 1.98. The second kappa shape index (κ2) is 8.10. The van der Waals surface area contributed by atoms with E-state index in [4.69, 9.17) is 0 Å². The number of benzene rings is 1. The molecule has 0 unspecified atom stereocenters. The number of hydrogen-bond acceptors (Lipinski definition) is 2. The Morgan fingerprint density at radius 2 is 1.95 bits per heavy atom. The van der Waals surface area contributed by atoms with Crippen LogP contribution in [0.4, 0.5) is 8.78 Å². The molecule has 0 spiro atoms. The van der Waals surface area contributed by atoms with Crippen molar-refractivity contribution in [3.05, 3.63) is 53.4 Å². The first kappa shape index (κ1) is 17.6. The van der Waals surface area contributed by atoms with Gasteiger partial charge in [0.05, 0.1) is 5.69 Å². The normalized spacial score (nSPS) is 10.7. The summed E-state index contributed by atoms with van der Waals surface area (Å²) in [6, 6.07) is 5.40. The molecule has 0 aliphatic carbocycles. The van der Waals surface area contributed by atoms with Crippen LogP contribution in [0.5, 0.6) is 0 Å². The third kappa shape index (κ3) is 5.44. The van der Waals surface area contributed by atoms with Crippen LogP contribution in [-0.2, 0) is 19.6 Å². The van der Waals surface area contributed by atoms with Gasteiger partial charge in [-0.1, -0.05) is 13.8 Å². The van der Waals surface area contributed by atoms with E-state index < -0.39 is 11.6 Å². The van der Waals surface area contributed by atoms with Gasteiger partial charge in [0.25, 0.3) is 0 Å². The lowest BCUT2D eigenvalue weighted by Gasteiger charge is -2.06. The number of aromatic nitrogens is 2. The average Bonchev–Trinajstić information content (AvgIpc) is 2.80. The maximum Gasteiger partial charge on any atom is 0.127 e. The molecule has 116 valence electrons. The Morgan fingerprint density at radius 3 is 2.67 bits per heavy atom. The van der Waals surface area contributed by atoms with E-state index in [0.29, 0.717) is 18.0 Å². The Hall–Kier alpha value is -1.46. The Morgan fingerprint density at radius 1 is 1.19 bits per heavy atom. The molecule has 2 aromatic rings. The molecule has 0 fully saturated rings. The molecule has 0 radical (unpaired) electrons. The second-order valence-corrected chi connectivity index (χ2v) is 5.26. The number of hydrogen-bond donors (Lipinski definition) is 1. The minimum absolute atomic E-state index is 0. The third-order valence-corrected chi connectivity index (χ3v) is 2.88. The zero-order valence-electron chi connectivity index (χ0n) is 12.1. The quantitative estimate of drug-likeness (QED) is 0.884. The zero-order valence-corrected chi connectivity index (χ0v) is 13.0. The summed E-state index contributed by atoms with van der Waals surface area (Å²) in [5.74, 6) is -0.286. The number of nitrogens with zero attached hydrogens (tertiary/aromatic N) is 2. The van der Waals surface area contributed by atoms with Crippen molar-refractivity contribution >= 4 is 12.4 Å². The van der Waals surface area contributed by atoms with Crippen molar-refractivity contribution in [2.45, 2.75) is 33.5 Å². The maximum atomic E-state index is 13.4. The summed E-state index contributed by atoms with van der Waals surface area (Å²) in [5, 5.41) is 7.48. The summed E-state index contributed by atoms with van der Waals surface area (Å²) >= 11 is 0. The Labute approximate surface area is 129 Å². The molecule has 0 saturated carbocycles. The van der Waals surface area contributed by atoms with E-state index in [2.05, 4.69) is 24.3 Å². The lowest BCUT2D eigenvalue weighted by Crippen LogP contribution is -2.15. The predicted octanol–water partition coefficient (Wildman–Crippen LogP) is 3.53. The first-order valence-electron chi connectivity index (χ1n) is 6.71. The van der Waals surface area contributed by atoms with Gasteiger partial charge in [-0.25, -0.2) is 8.78 Å². The molecule has 3 nitrogen and oxygen atoms in total. The van der Waals surface area contributed by atoms with Crippen LogP contribution in [0.1, 0.15) is 25.1 Å². The van der Waals surface area contributed by atoms with E-state index in [9.17, 15) is 8.78 Å². The Bertz CT molecular complexity index is 570. The van der Waals surface area contributed by atoms with Gasteiger partial charge < -0.3 is 5.32 Å². The van der Waals surface area contributed by atoms with Crippen molar-refractivity contribution < 1.29 is 8.78 Å². The molecule has 0 aliphatic heterocycles. The lowest BCUT2D eigenvalue weighted by molar-refractivity contribution is 0.477. The van der Waals surface area contributed by atoms with E-state index >= 15 is 0 Å². The summed E-state index contributed by atoms with van der Waals surface area (Å²) in [5.41, 5.74) is 1.22. The predicted molar refractivity (Wildman–Crippen MR) is 81.2 cm³/mol. The number of halogens is 3. The van der Waals surface area contributed by atoms with Crippen molar-refractivity contribution in [1.29, 1.82) is 0 Å². The van der Waals surface area contributed by atoms with Crippen LogP contribution in [0, 0.1) is 17.6 Å². The van der Waals surface area contributed by atoms with Crippen molar-refractivity contribution in [2.75, 3.05) is 0 Å². The van der Waals surface area contributed by atoms with E-state index in [1.807, 2.05) is 16.9 Å². The molecule has 0 bridgehead atoms. The molecule has 0 atom stereocenters. The van der Waals surface area contributed by atoms with Gasteiger partial charge >= 0.3 is 0 Å². The number of rotatable bonds is 6. The molecule has 0 amide bonds. The highest BCUT2D eigenvalue weighted by molar-refractivity contribution is 5.85. The molecule has 1 aromatic heterocycles. The second-order valence-electron chi connectivity index (χ2n) is 5.26. The molecule has 0 saturated heterocycles. The molecular weight excluding hydrogens is 296 g/mol. The topological polar surface area (TPSA) is 29.9 Å². The summed E-state index contributed by atoms with van der Waals surface area (Å²) in [7, 11) is 0. The van der Waals surface area contributed by atoms with Gasteiger partial charge in [-0.05, 0) is 30.2 Å². The Balaban J connectivity index is 0.00000220. The third-order valence-electron chi connectivity index (χ3n) is 2.88. The first-order valence-corrected chi connectivity index (χ1v) is 6.71. The molecule has 6 heteroatoms. The van der Waals surface area contributed by atoms with Crippen LogP contribution in [-0.4, -0.2) is 9.78 Å². The minimum atomic E-state index is -0.426. The SMILES string of the molecule is CC(C)Cn1ccc(CNCc2cc(F)ccc2F)n1.Cl. The van der Waals surface area contributed by atoms with Crippen molar-refractivity contribution in [3.8, 4) is 0 Å². The molecule has 1 heterocycles. The van der Waals surface area contributed by atoms with Crippen LogP contribution >= 0.6 is 12.4 Å².